The third kappa shape index (κ3) is 5.13. The van der Waals surface area contributed by atoms with Gasteiger partial charge >= 0.3 is 16.0 Å². The highest BCUT2D eigenvalue weighted by molar-refractivity contribution is 7.90. The van der Waals surface area contributed by atoms with Crippen LogP contribution in [0, 0.1) is 6.92 Å². The quantitative estimate of drug-likeness (QED) is 0.462. The molecule has 2 rings (SSSR count). The number of guanidine groups is 1. The molecule has 8 heteroatoms. The lowest BCUT2D eigenvalue weighted by Gasteiger charge is -2.08. The lowest BCUT2D eigenvalue weighted by atomic mass is 10.1. The van der Waals surface area contributed by atoms with Crippen molar-refractivity contribution in [1.82, 2.24) is 4.72 Å². The van der Waals surface area contributed by atoms with E-state index in [1.54, 1.807) is 26.4 Å². The van der Waals surface area contributed by atoms with E-state index in [1.165, 1.54) is 12.1 Å². The fourth-order valence-corrected chi connectivity index (χ4v) is 3.31. The summed E-state index contributed by atoms with van der Waals surface area (Å²) in [6.45, 7) is 2.35. The van der Waals surface area contributed by atoms with Crippen molar-refractivity contribution in [3.8, 4) is 11.5 Å². The average Bonchev–Trinajstić information content (AvgIpc) is 2.61. The van der Waals surface area contributed by atoms with Crippen LogP contribution >= 0.6 is 0 Å². The Morgan fingerprint density at radius 2 is 1.73 bits per heavy atom. The van der Waals surface area contributed by atoms with Crippen molar-refractivity contribution in [2.45, 2.75) is 18.2 Å². The predicted octanol–water partition coefficient (Wildman–Crippen LogP) is -0.0715. The topological polar surface area (TPSA) is 105 Å². The number of hydrogen-bond donors (Lipinski definition) is 3. The van der Waals surface area contributed by atoms with Crippen LogP contribution in [0.25, 0.3) is 0 Å². The molecule has 0 atom stereocenters. The second-order valence-corrected chi connectivity index (χ2v) is 7.38. The zero-order valence-electron chi connectivity index (χ0n) is 15.1. The van der Waals surface area contributed by atoms with E-state index in [0.717, 1.165) is 11.1 Å². The molecule has 0 unspecified atom stereocenters. The molecule has 0 saturated carbocycles. The standard InChI is InChI=1S/C18H23N3O4S/c1-13-4-7-15(8-5-13)26(22,23)21-18(19)20-11-10-14-6-9-16(24-2)17(12-14)25-3/h4-9,12H,10-11H2,1-3H3,(H3,19,20,21)/p+1. The zero-order valence-corrected chi connectivity index (χ0v) is 15.9. The Bertz CT molecular complexity index is 878. The van der Waals surface area contributed by atoms with Gasteiger partial charge in [0, 0.05) is 6.42 Å². The zero-order chi connectivity index (χ0) is 19.2. The minimum Gasteiger partial charge on any atom is -0.493 e. The van der Waals surface area contributed by atoms with E-state index in [1.807, 2.05) is 25.1 Å². The number of sulfonamides is 1. The first kappa shape index (κ1) is 19.6. The first-order valence-electron chi connectivity index (χ1n) is 8.02. The van der Waals surface area contributed by atoms with E-state index in [9.17, 15) is 8.42 Å². The van der Waals surface area contributed by atoms with Gasteiger partial charge < -0.3 is 9.47 Å². The van der Waals surface area contributed by atoms with E-state index in [0.29, 0.717) is 24.5 Å². The Hall–Kier alpha value is -2.74. The van der Waals surface area contributed by atoms with E-state index >= 15 is 0 Å². The third-order valence-electron chi connectivity index (χ3n) is 3.75. The molecule has 0 heterocycles. The smallest absolute Gasteiger partial charge is 0.356 e. The summed E-state index contributed by atoms with van der Waals surface area (Å²) in [7, 11) is -0.549. The minimum atomic E-state index is -3.70. The summed E-state index contributed by atoms with van der Waals surface area (Å²) in [5, 5.41) is 0. The van der Waals surface area contributed by atoms with E-state index in [4.69, 9.17) is 15.2 Å². The Balaban J connectivity index is 1.99. The number of nitrogens with one attached hydrogen (secondary N) is 2. The summed E-state index contributed by atoms with van der Waals surface area (Å²) in [6.07, 6.45) is 0.632. The van der Waals surface area contributed by atoms with E-state index in [-0.39, 0.29) is 10.9 Å². The molecule has 0 saturated heterocycles. The van der Waals surface area contributed by atoms with Gasteiger partial charge in [-0.3, -0.25) is 10.7 Å². The Labute approximate surface area is 153 Å². The average molecular weight is 378 g/mol. The second kappa shape index (κ2) is 8.57. The lowest BCUT2D eigenvalue weighted by molar-refractivity contribution is -0.459. The molecule has 2 aromatic carbocycles. The Morgan fingerprint density at radius 1 is 1.08 bits per heavy atom. The Kier molecular flexibility index (Phi) is 6.46. The number of benzene rings is 2. The van der Waals surface area contributed by atoms with Crippen molar-refractivity contribution in [3.63, 3.8) is 0 Å². The lowest BCUT2D eigenvalue weighted by Crippen LogP contribution is -2.79. The van der Waals surface area contributed by atoms with Crippen LogP contribution in [0.2, 0.25) is 0 Å². The maximum Gasteiger partial charge on any atom is 0.356 e. The molecular weight excluding hydrogens is 354 g/mol. The molecule has 0 aromatic heterocycles. The van der Waals surface area contributed by atoms with Crippen LogP contribution in [0.5, 0.6) is 11.5 Å². The highest BCUT2D eigenvalue weighted by Crippen LogP contribution is 2.27. The minimum absolute atomic E-state index is 0.0222. The second-order valence-electron chi connectivity index (χ2n) is 5.70. The van der Waals surface area contributed by atoms with Gasteiger partial charge in [-0.1, -0.05) is 23.8 Å². The molecule has 0 aliphatic heterocycles. The van der Waals surface area contributed by atoms with Gasteiger partial charge in [-0.2, -0.15) is 13.1 Å². The van der Waals surface area contributed by atoms with E-state index in [2.05, 4.69) is 9.71 Å². The molecule has 4 N–H and O–H groups in total. The van der Waals surface area contributed by atoms with Crippen molar-refractivity contribution < 1.29 is 22.9 Å². The highest BCUT2D eigenvalue weighted by atomic mass is 32.2. The van der Waals surface area contributed by atoms with Crippen LogP contribution in [0.3, 0.4) is 0 Å². The number of methoxy groups -OCH3 is 2. The van der Waals surface area contributed by atoms with Crippen molar-refractivity contribution in [2.24, 2.45) is 5.73 Å². The van der Waals surface area contributed by atoms with Crippen LogP contribution in [0.15, 0.2) is 47.4 Å². The van der Waals surface area contributed by atoms with Gasteiger partial charge in [-0.25, -0.2) is 0 Å². The van der Waals surface area contributed by atoms with Crippen molar-refractivity contribution >= 4 is 16.0 Å². The number of nitrogens with two attached hydrogens (primary N) is 1. The molecule has 0 amide bonds. The molecule has 0 aliphatic carbocycles. The third-order valence-corrected chi connectivity index (χ3v) is 5.13. The van der Waals surface area contributed by atoms with Crippen LogP contribution in [-0.2, 0) is 16.4 Å². The van der Waals surface area contributed by atoms with Gasteiger partial charge in [0.15, 0.2) is 11.5 Å². The molecule has 0 aliphatic rings. The van der Waals surface area contributed by atoms with Crippen LogP contribution < -0.4 is 24.9 Å². The monoisotopic (exact) mass is 378 g/mol. The number of ether oxygens (including phenoxy) is 2. The molecule has 2 aromatic rings. The first-order valence-corrected chi connectivity index (χ1v) is 9.50. The summed E-state index contributed by atoms with van der Waals surface area (Å²) < 4.78 is 37.3. The molecule has 7 nitrogen and oxygen atoms in total. The summed E-state index contributed by atoms with van der Waals surface area (Å²) >= 11 is 0. The van der Waals surface area contributed by atoms with Crippen LogP contribution in [0.4, 0.5) is 0 Å². The fraction of sp³-hybridized carbons (Fsp3) is 0.278. The van der Waals surface area contributed by atoms with Crippen LogP contribution in [-0.4, -0.2) is 35.1 Å². The van der Waals surface area contributed by atoms with Gasteiger partial charge in [0.1, 0.15) is 4.90 Å². The maximum atomic E-state index is 12.3. The van der Waals surface area contributed by atoms with Crippen molar-refractivity contribution in [1.29, 1.82) is 0 Å². The summed E-state index contributed by atoms with van der Waals surface area (Å²) in [5.74, 6) is 1.27. The molecule has 0 spiro atoms. The summed E-state index contributed by atoms with van der Waals surface area (Å²) in [6, 6.07) is 12.1. The largest absolute Gasteiger partial charge is 0.493 e. The molecule has 140 valence electrons. The SMILES string of the molecule is COc1ccc(CC[NH+]=C(N)NS(=O)(=O)c2ccc(C)cc2)cc1OC. The van der Waals surface area contributed by atoms with E-state index < -0.39 is 10.0 Å². The number of rotatable bonds is 7. The highest BCUT2D eigenvalue weighted by Gasteiger charge is 2.19. The summed E-state index contributed by atoms with van der Waals surface area (Å²) in [5.41, 5.74) is 7.75. The van der Waals surface area contributed by atoms with Gasteiger partial charge in [0.2, 0.25) is 0 Å². The van der Waals surface area contributed by atoms with Crippen LogP contribution in [0.1, 0.15) is 11.1 Å². The maximum absolute atomic E-state index is 12.3. The Morgan fingerprint density at radius 3 is 2.35 bits per heavy atom. The van der Waals surface area contributed by atoms with Crippen molar-refractivity contribution in [3.05, 3.63) is 53.6 Å². The van der Waals surface area contributed by atoms with Crippen molar-refractivity contribution in [2.75, 3.05) is 20.8 Å². The fourth-order valence-electron chi connectivity index (χ4n) is 2.33. The normalized spacial score (nSPS) is 11.9. The van der Waals surface area contributed by atoms with Gasteiger partial charge in [-0.15, -0.1) is 0 Å². The van der Waals surface area contributed by atoms with Gasteiger partial charge in [0.25, 0.3) is 0 Å². The predicted molar refractivity (Wildman–Crippen MR) is 99.8 cm³/mol. The first-order chi connectivity index (χ1) is 12.4. The molecule has 0 fully saturated rings. The molecule has 26 heavy (non-hydrogen) atoms. The molecule has 0 radical (unpaired) electrons. The number of hydrogen-bond acceptors (Lipinski definition) is 4. The number of aryl methyl sites for hydroxylation is 1. The molecule has 0 bridgehead atoms. The van der Waals surface area contributed by atoms with Gasteiger partial charge in [0.05, 0.1) is 20.8 Å². The molecular formula is C18H24N3O4S+. The summed E-state index contributed by atoms with van der Waals surface area (Å²) in [4.78, 5) is 3.03. The van der Waals surface area contributed by atoms with Gasteiger partial charge in [-0.05, 0) is 36.8 Å².